The Morgan fingerprint density at radius 3 is 2.73 bits per heavy atom. The first-order chi connectivity index (χ1) is 7.25. The van der Waals surface area contributed by atoms with E-state index in [1.807, 2.05) is 6.07 Å². The van der Waals surface area contributed by atoms with Crippen LogP contribution in [0, 0.1) is 5.92 Å². The Morgan fingerprint density at radius 2 is 2.07 bits per heavy atom. The molecule has 2 rings (SSSR count). The van der Waals surface area contributed by atoms with E-state index in [9.17, 15) is 0 Å². The fraction of sp³-hybridized carbons (Fsp3) is 0.636. The minimum atomic E-state index is 0.442. The van der Waals surface area contributed by atoms with E-state index in [2.05, 4.69) is 22.4 Å². The maximum Gasteiger partial charge on any atom is 0.151 e. The Bertz CT molecular complexity index is 312. The predicted molar refractivity (Wildman–Crippen MR) is 62.1 cm³/mol. The second-order valence-corrected chi connectivity index (χ2v) is 4.64. The molecule has 4 heteroatoms. The van der Waals surface area contributed by atoms with Crippen LogP contribution < -0.4 is 5.32 Å². The molecule has 2 atom stereocenters. The summed E-state index contributed by atoms with van der Waals surface area (Å²) < 4.78 is 0. The topological polar surface area (TPSA) is 37.8 Å². The van der Waals surface area contributed by atoms with Gasteiger partial charge < -0.3 is 5.32 Å². The lowest BCUT2D eigenvalue weighted by atomic mass is 9.86. The molecule has 15 heavy (non-hydrogen) atoms. The highest BCUT2D eigenvalue weighted by Gasteiger charge is 2.21. The zero-order valence-electron chi connectivity index (χ0n) is 8.91. The second-order valence-electron chi connectivity index (χ2n) is 4.25. The molecule has 0 saturated heterocycles. The zero-order valence-corrected chi connectivity index (χ0v) is 9.67. The molecule has 0 aliphatic heterocycles. The third kappa shape index (κ3) is 2.81. The van der Waals surface area contributed by atoms with Gasteiger partial charge in [-0.2, -0.15) is 0 Å². The van der Waals surface area contributed by atoms with Crippen LogP contribution in [0.4, 0.5) is 5.82 Å². The van der Waals surface area contributed by atoms with Crippen molar-refractivity contribution in [2.24, 2.45) is 5.92 Å². The van der Waals surface area contributed by atoms with Crippen LogP contribution in [0.25, 0.3) is 0 Å². The van der Waals surface area contributed by atoms with Gasteiger partial charge in [0.1, 0.15) is 5.82 Å². The van der Waals surface area contributed by atoms with Gasteiger partial charge in [0.05, 0.1) is 0 Å². The summed E-state index contributed by atoms with van der Waals surface area (Å²) in [6.07, 6.45) is 5.19. The van der Waals surface area contributed by atoms with Gasteiger partial charge in [0.15, 0.2) is 5.15 Å². The van der Waals surface area contributed by atoms with Crippen molar-refractivity contribution < 1.29 is 0 Å². The molecule has 0 aromatic carbocycles. The van der Waals surface area contributed by atoms with E-state index in [0.29, 0.717) is 11.2 Å². The van der Waals surface area contributed by atoms with Crippen molar-refractivity contribution in [2.75, 3.05) is 5.32 Å². The van der Waals surface area contributed by atoms with Gasteiger partial charge in [-0.05, 0) is 30.9 Å². The predicted octanol–water partition coefficient (Wildman–Crippen LogP) is 3.12. The fourth-order valence-corrected chi connectivity index (χ4v) is 2.21. The van der Waals surface area contributed by atoms with Crippen molar-refractivity contribution in [2.45, 2.75) is 38.6 Å². The smallest absolute Gasteiger partial charge is 0.151 e. The molecule has 0 unspecified atom stereocenters. The average Bonchev–Trinajstić information content (AvgIpc) is 2.25. The minimum Gasteiger partial charge on any atom is -0.366 e. The first-order valence-electron chi connectivity index (χ1n) is 5.51. The summed E-state index contributed by atoms with van der Waals surface area (Å²) in [5.74, 6) is 1.55. The molecule has 0 amide bonds. The molecule has 1 aliphatic rings. The van der Waals surface area contributed by atoms with Gasteiger partial charge in [0, 0.05) is 6.04 Å². The lowest BCUT2D eigenvalue weighted by molar-refractivity contribution is 0.349. The van der Waals surface area contributed by atoms with E-state index in [1.54, 1.807) is 6.07 Å². The summed E-state index contributed by atoms with van der Waals surface area (Å²) in [6.45, 7) is 2.29. The van der Waals surface area contributed by atoms with Crippen LogP contribution in [0.15, 0.2) is 12.1 Å². The van der Waals surface area contributed by atoms with E-state index in [1.165, 1.54) is 25.7 Å². The Labute approximate surface area is 95.2 Å². The number of halogens is 1. The third-order valence-electron chi connectivity index (χ3n) is 3.08. The number of anilines is 1. The Morgan fingerprint density at radius 1 is 1.27 bits per heavy atom. The molecule has 0 radical (unpaired) electrons. The molecule has 1 saturated carbocycles. The number of rotatable bonds is 2. The lowest BCUT2D eigenvalue weighted by Crippen LogP contribution is -2.30. The number of nitrogens with one attached hydrogen (secondary N) is 1. The van der Waals surface area contributed by atoms with E-state index in [0.717, 1.165) is 11.7 Å². The van der Waals surface area contributed by atoms with Crippen LogP contribution in [-0.2, 0) is 0 Å². The molecule has 1 aliphatic carbocycles. The van der Waals surface area contributed by atoms with Crippen LogP contribution in [0.3, 0.4) is 0 Å². The summed E-state index contributed by atoms with van der Waals surface area (Å²) in [5.41, 5.74) is 0. The zero-order chi connectivity index (χ0) is 10.7. The molecule has 1 fully saturated rings. The van der Waals surface area contributed by atoms with Crippen molar-refractivity contribution >= 4 is 17.4 Å². The van der Waals surface area contributed by atoms with Crippen molar-refractivity contribution in [3.8, 4) is 0 Å². The molecule has 3 nitrogen and oxygen atoms in total. The van der Waals surface area contributed by atoms with Gasteiger partial charge in [-0.15, -0.1) is 10.2 Å². The average molecular weight is 226 g/mol. The first-order valence-corrected chi connectivity index (χ1v) is 5.89. The van der Waals surface area contributed by atoms with Crippen LogP contribution >= 0.6 is 11.6 Å². The standard InChI is InChI=1S/C11H16ClN3/c1-8-4-2-3-5-9(8)13-11-7-6-10(12)14-15-11/h6-9H,2-5H2,1H3,(H,13,15)/t8-,9+/m1/s1. The van der Waals surface area contributed by atoms with Crippen LogP contribution in [0.5, 0.6) is 0 Å². The molecule has 1 aromatic rings. The number of hydrogen-bond acceptors (Lipinski definition) is 3. The Kier molecular flexibility index (Phi) is 3.41. The van der Waals surface area contributed by atoms with Gasteiger partial charge in [0.25, 0.3) is 0 Å². The normalized spacial score (nSPS) is 26.3. The van der Waals surface area contributed by atoms with Crippen LogP contribution in [0.2, 0.25) is 5.15 Å². The van der Waals surface area contributed by atoms with E-state index >= 15 is 0 Å². The molecule has 1 heterocycles. The van der Waals surface area contributed by atoms with Crippen molar-refractivity contribution in [3.63, 3.8) is 0 Å². The van der Waals surface area contributed by atoms with Gasteiger partial charge in [-0.1, -0.05) is 31.4 Å². The van der Waals surface area contributed by atoms with E-state index in [4.69, 9.17) is 11.6 Å². The van der Waals surface area contributed by atoms with Gasteiger partial charge >= 0.3 is 0 Å². The maximum absolute atomic E-state index is 5.68. The fourth-order valence-electron chi connectivity index (χ4n) is 2.11. The molecule has 1 aromatic heterocycles. The number of nitrogens with zero attached hydrogens (tertiary/aromatic N) is 2. The highest BCUT2D eigenvalue weighted by Crippen LogP contribution is 2.26. The quantitative estimate of drug-likeness (QED) is 0.841. The number of aromatic nitrogens is 2. The Hall–Kier alpha value is -0.830. The highest BCUT2D eigenvalue weighted by molar-refractivity contribution is 6.29. The van der Waals surface area contributed by atoms with Crippen molar-refractivity contribution in [1.29, 1.82) is 0 Å². The van der Waals surface area contributed by atoms with Gasteiger partial charge in [-0.3, -0.25) is 0 Å². The van der Waals surface area contributed by atoms with Crippen LogP contribution in [0.1, 0.15) is 32.6 Å². The monoisotopic (exact) mass is 225 g/mol. The van der Waals surface area contributed by atoms with E-state index < -0.39 is 0 Å². The summed E-state index contributed by atoms with van der Waals surface area (Å²) in [6, 6.07) is 4.19. The molecule has 82 valence electrons. The summed E-state index contributed by atoms with van der Waals surface area (Å²) in [5, 5.41) is 11.7. The van der Waals surface area contributed by atoms with Gasteiger partial charge in [0.2, 0.25) is 0 Å². The minimum absolute atomic E-state index is 0.442. The highest BCUT2D eigenvalue weighted by atomic mass is 35.5. The molecule has 0 spiro atoms. The summed E-state index contributed by atoms with van der Waals surface area (Å²) >= 11 is 5.68. The maximum atomic E-state index is 5.68. The van der Waals surface area contributed by atoms with Crippen molar-refractivity contribution in [3.05, 3.63) is 17.3 Å². The Balaban J connectivity index is 1.98. The molecular weight excluding hydrogens is 210 g/mol. The molecular formula is C11H16ClN3. The van der Waals surface area contributed by atoms with E-state index in [-0.39, 0.29) is 0 Å². The largest absolute Gasteiger partial charge is 0.366 e. The van der Waals surface area contributed by atoms with Crippen LogP contribution in [-0.4, -0.2) is 16.2 Å². The third-order valence-corrected chi connectivity index (χ3v) is 3.28. The number of hydrogen-bond donors (Lipinski definition) is 1. The van der Waals surface area contributed by atoms with Gasteiger partial charge in [-0.25, -0.2) is 0 Å². The summed E-state index contributed by atoms with van der Waals surface area (Å²) in [7, 11) is 0. The lowest BCUT2D eigenvalue weighted by Gasteiger charge is -2.29. The molecule has 0 bridgehead atoms. The summed E-state index contributed by atoms with van der Waals surface area (Å²) in [4.78, 5) is 0. The first kappa shape index (κ1) is 10.7. The second kappa shape index (κ2) is 4.79. The van der Waals surface area contributed by atoms with Crippen molar-refractivity contribution in [1.82, 2.24) is 10.2 Å². The molecule has 1 N–H and O–H groups in total. The SMILES string of the molecule is C[C@@H]1CCCC[C@@H]1Nc1ccc(Cl)nn1.